The number of hydrogen-bond donors (Lipinski definition) is 1. The fraction of sp³-hybridized carbons (Fsp3) is 0.438. The Kier molecular flexibility index (Phi) is 6.98. The molecule has 0 bridgehead atoms. The molecular weight excluding hydrogens is 328 g/mol. The van der Waals surface area contributed by atoms with E-state index in [9.17, 15) is 4.79 Å². The molecule has 2 rings (SSSR count). The highest BCUT2D eigenvalue weighted by atomic mass is 32.2. The number of hydrogen-bond acceptors (Lipinski definition) is 5. The van der Waals surface area contributed by atoms with Gasteiger partial charge in [-0.1, -0.05) is 29.5 Å². The molecule has 1 amide bonds. The van der Waals surface area contributed by atoms with Crippen LogP contribution < -0.4 is 5.32 Å². The van der Waals surface area contributed by atoms with E-state index in [4.69, 9.17) is 0 Å². The largest absolute Gasteiger partial charge is 0.355 e. The van der Waals surface area contributed by atoms with E-state index in [0.29, 0.717) is 18.3 Å². The molecule has 1 aromatic carbocycles. The number of carbonyl (C=O) groups excluding carboxylic acids is 1. The molecule has 0 aliphatic carbocycles. The number of benzene rings is 1. The maximum absolute atomic E-state index is 11.9. The minimum atomic E-state index is 0.0258. The molecule has 7 heteroatoms. The molecule has 5 nitrogen and oxygen atoms in total. The van der Waals surface area contributed by atoms with Crippen LogP contribution in [0, 0.1) is 6.92 Å². The maximum atomic E-state index is 11.9. The van der Waals surface area contributed by atoms with Gasteiger partial charge in [-0.25, -0.2) is 0 Å². The van der Waals surface area contributed by atoms with Crippen molar-refractivity contribution in [2.75, 3.05) is 18.1 Å². The first kappa shape index (κ1) is 17.9. The second kappa shape index (κ2) is 8.98. The van der Waals surface area contributed by atoms with Crippen molar-refractivity contribution in [3.63, 3.8) is 0 Å². The van der Waals surface area contributed by atoms with Crippen LogP contribution in [0.5, 0.6) is 0 Å². The topological polar surface area (TPSA) is 59.8 Å². The van der Waals surface area contributed by atoms with Gasteiger partial charge in [-0.15, -0.1) is 22.0 Å². The summed E-state index contributed by atoms with van der Waals surface area (Å²) >= 11 is 3.16. The van der Waals surface area contributed by atoms with E-state index in [1.165, 1.54) is 22.2 Å². The molecule has 0 saturated heterocycles. The van der Waals surface area contributed by atoms with E-state index in [1.807, 2.05) is 4.57 Å². The number of thioether (sulfide) groups is 2. The molecule has 0 aliphatic rings. The van der Waals surface area contributed by atoms with Gasteiger partial charge in [0.25, 0.3) is 0 Å². The zero-order chi connectivity index (χ0) is 16.7. The molecule has 0 atom stereocenters. The van der Waals surface area contributed by atoms with Crippen LogP contribution in [0.2, 0.25) is 0 Å². The Morgan fingerprint density at radius 2 is 2.00 bits per heavy atom. The predicted octanol–water partition coefficient (Wildman–Crippen LogP) is 3.17. The summed E-state index contributed by atoms with van der Waals surface area (Å²) in [5, 5.41) is 11.7. The Morgan fingerprint density at radius 3 is 2.70 bits per heavy atom. The minimum absolute atomic E-state index is 0.0258. The zero-order valence-corrected chi connectivity index (χ0v) is 15.3. The Balaban J connectivity index is 1.65. The number of amides is 1. The van der Waals surface area contributed by atoms with E-state index in [-0.39, 0.29) is 5.91 Å². The van der Waals surface area contributed by atoms with Crippen molar-refractivity contribution in [2.24, 2.45) is 0 Å². The highest BCUT2D eigenvalue weighted by Crippen LogP contribution is 2.19. The molecule has 0 unspecified atom stereocenters. The highest BCUT2D eigenvalue weighted by molar-refractivity contribution is 7.99. The summed E-state index contributed by atoms with van der Waals surface area (Å²) < 4.78 is 1.96. The Morgan fingerprint density at radius 1 is 1.26 bits per heavy atom. The second-order valence-electron chi connectivity index (χ2n) is 5.41. The van der Waals surface area contributed by atoms with Gasteiger partial charge in [-0.3, -0.25) is 4.79 Å². The molecule has 0 radical (unpaired) electrons. The van der Waals surface area contributed by atoms with Gasteiger partial charge in [0.2, 0.25) is 5.91 Å². The molecule has 1 heterocycles. The Labute approximate surface area is 145 Å². The first-order valence-electron chi connectivity index (χ1n) is 7.54. The van der Waals surface area contributed by atoms with Crippen LogP contribution in [0.1, 0.15) is 25.5 Å². The molecule has 124 valence electrons. The third-order valence-electron chi connectivity index (χ3n) is 3.14. The smallest absolute Gasteiger partial charge is 0.230 e. The maximum Gasteiger partial charge on any atom is 0.230 e. The predicted molar refractivity (Wildman–Crippen MR) is 96.0 cm³/mol. The lowest BCUT2D eigenvalue weighted by Crippen LogP contribution is -2.27. The lowest BCUT2D eigenvalue weighted by molar-refractivity contribution is -0.118. The SMILES string of the molecule is Cc1ccc(SCCNC(=O)CSc2nncn2C(C)C)cc1. The van der Waals surface area contributed by atoms with Crippen LogP contribution in [0.3, 0.4) is 0 Å². The summed E-state index contributed by atoms with van der Waals surface area (Å²) in [7, 11) is 0. The van der Waals surface area contributed by atoms with Crippen LogP contribution >= 0.6 is 23.5 Å². The molecule has 1 aromatic heterocycles. The van der Waals surface area contributed by atoms with Gasteiger partial charge in [-0.05, 0) is 32.9 Å². The summed E-state index contributed by atoms with van der Waals surface area (Å²) in [4.78, 5) is 13.1. The normalized spacial score (nSPS) is 11.0. The van der Waals surface area contributed by atoms with Gasteiger partial charge in [0.05, 0.1) is 5.75 Å². The fourth-order valence-electron chi connectivity index (χ4n) is 1.86. The first-order chi connectivity index (χ1) is 11.1. The van der Waals surface area contributed by atoms with Gasteiger partial charge in [0.15, 0.2) is 5.16 Å². The summed E-state index contributed by atoms with van der Waals surface area (Å²) in [6.45, 7) is 6.87. The molecule has 0 saturated carbocycles. The Hall–Kier alpha value is -1.47. The van der Waals surface area contributed by atoms with E-state index >= 15 is 0 Å². The van der Waals surface area contributed by atoms with Crippen LogP contribution in [-0.4, -0.2) is 38.7 Å². The van der Waals surface area contributed by atoms with Crippen molar-refractivity contribution in [1.29, 1.82) is 0 Å². The van der Waals surface area contributed by atoms with E-state index in [2.05, 4.69) is 60.6 Å². The van der Waals surface area contributed by atoms with E-state index < -0.39 is 0 Å². The molecule has 1 N–H and O–H groups in total. The van der Waals surface area contributed by atoms with Gasteiger partial charge in [-0.2, -0.15) is 0 Å². The summed E-state index contributed by atoms with van der Waals surface area (Å²) in [6, 6.07) is 8.71. The summed E-state index contributed by atoms with van der Waals surface area (Å²) in [6.07, 6.45) is 1.70. The van der Waals surface area contributed by atoms with Crippen LogP contribution in [0.4, 0.5) is 0 Å². The number of nitrogens with one attached hydrogen (secondary N) is 1. The molecule has 2 aromatic rings. The number of aromatic nitrogens is 3. The van der Waals surface area contributed by atoms with E-state index in [1.54, 1.807) is 18.1 Å². The molecule has 23 heavy (non-hydrogen) atoms. The monoisotopic (exact) mass is 350 g/mol. The average molecular weight is 351 g/mol. The number of carbonyl (C=O) groups is 1. The average Bonchev–Trinajstić information content (AvgIpc) is 3.00. The summed E-state index contributed by atoms with van der Waals surface area (Å²) in [5.74, 6) is 1.25. The number of nitrogens with zero attached hydrogens (tertiary/aromatic N) is 3. The van der Waals surface area contributed by atoms with E-state index in [0.717, 1.165) is 10.9 Å². The minimum Gasteiger partial charge on any atom is -0.355 e. The first-order valence-corrected chi connectivity index (χ1v) is 9.52. The standard InChI is InChI=1S/C16H22N4OS2/c1-12(2)20-11-18-19-16(20)23-10-15(21)17-8-9-22-14-6-4-13(3)5-7-14/h4-7,11-12H,8-10H2,1-3H3,(H,17,21). The van der Waals surface area contributed by atoms with Crippen molar-refractivity contribution in [3.8, 4) is 0 Å². The van der Waals surface area contributed by atoms with Crippen LogP contribution in [0.25, 0.3) is 0 Å². The Bertz CT molecular complexity index is 625. The van der Waals surface area contributed by atoms with Crippen LogP contribution in [0.15, 0.2) is 40.6 Å². The van der Waals surface area contributed by atoms with Crippen molar-refractivity contribution < 1.29 is 4.79 Å². The highest BCUT2D eigenvalue weighted by Gasteiger charge is 2.10. The summed E-state index contributed by atoms with van der Waals surface area (Å²) in [5.41, 5.74) is 1.26. The zero-order valence-electron chi connectivity index (χ0n) is 13.7. The fourth-order valence-corrected chi connectivity index (χ4v) is 3.51. The van der Waals surface area contributed by atoms with Crippen LogP contribution in [-0.2, 0) is 4.79 Å². The van der Waals surface area contributed by atoms with Crippen molar-refractivity contribution in [3.05, 3.63) is 36.2 Å². The van der Waals surface area contributed by atoms with Gasteiger partial charge in [0, 0.05) is 23.2 Å². The van der Waals surface area contributed by atoms with Gasteiger partial charge < -0.3 is 9.88 Å². The van der Waals surface area contributed by atoms with Crippen molar-refractivity contribution in [1.82, 2.24) is 20.1 Å². The number of aryl methyl sites for hydroxylation is 1. The molecule has 0 aliphatic heterocycles. The van der Waals surface area contributed by atoms with Crippen molar-refractivity contribution >= 4 is 29.4 Å². The van der Waals surface area contributed by atoms with Gasteiger partial charge >= 0.3 is 0 Å². The molecular formula is C16H22N4OS2. The second-order valence-corrected chi connectivity index (χ2v) is 7.53. The molecule has 0 fully saturated rings. The third-order valence-corrected chi connectivity index (χ3v) is 5.11. The lowest BCUT2D eigenvalue weighted by Gasteiger charge is -2.09. The van der Waals surface area contributed by atoms with Gasteiger partial charge in [0.1, 0.15) is 6.33 Å². The molecule has 0 spiro atoms. The quantitative estimate of drug-likeness (QED) is 0.585. The third kappa shape index (κ3) is 5.91. The lowest BCUT2D eigenvalue weighted by atomic mass is 10.2. The number of rotatable bonds is 8. The van der Waals surface area contributed by atoms with Crippen molar-refractivity contribution in [2.45, 2.75) is 36.9 Å².